The van der Waals surface area contributed by atoms with Crippen molar-refractivity contribution in [3.05, 3.63) is 15.6 Å². The van der Waals surface area contributed by atoms with Crippen LogP contribution < -0.4 is 10.6 Å². The second-order valence-electron chi connectivity index (χ2n) is 5.85. The highest BCUT2D eigenvalue weighted by Gasteiger charge is 2.14. The summed E-state index contributed by atoms with van der Waals surface area (Å²) >= 11 is 1.92. The Hall–Kier alpha value is -0.370. The van der Waals surface area contributed by atoms with E-state index in [9.17, 15) is 0 Å². The lowest BCUT2D eigenvalue weighted by molar-refractivity contribution is 0.678. The first-order valence-electron chi connectivity index (χ1n) is 8.21. The second-order valence-corrected chi connectivity index (χ2v) is 7.02. The zero-order valence-electron chi connectivity index (χ0n) is 13.9. The highest BCUT2D eigenvalue weighted by Crippen LogP contribution is 2.27. The molecule has 0 fully saturated rings. The van der Waals surface area contributed by atoms with Gasteiger partial charge in [0.15, 0.2) is 5.96 Å². The molecule has 4 nitrogen and oxygen atoms in total. The summed E-state index contributed by atoms with van der Waals surface area (Å²) in [7, 11) is 0. The van der Waals surface area contributed by atoms with Crippen LogP contribution in [0.15, 0.2) is 4.99 Å². The maximum Gasteiger partial charge on any atom is 0.191 e. The Morgan fingerprint density at radius 3 is 2.77 bits per heavy atom. The van der Waals surface area contributed by atoms with E-state index < -0.39 is 0 Å². The summed E-state index contributed by atoms with van der Waals surface area (Å²) in [6, 6.07) is 0.411. The third-order valence-electron chi connectivity index (χ3n) is 3.48. The topological polar surface area (TPSA) is 49.3 Å². The molecular formula is C16H29IN4S. The Morgan fingerprint density at radius 2 is 2.09 bits per heavy atom. The summed E-state index contributed by atoms with van der Waals surface area (Å²) in [5, 5.41) is 7.93. The van der Waals surface area contributed by atoms with Crippen LogP contribution in [0, 0.1) is 0 Å². The maximum atomic E-state index is 4.79. The van der Waals surface area contributed by atoms with E-state index >= 15 is 0 Å². The van der Waals surface area contributed by atoms with E-state index in [1.807, 2.05) is 11.3 Å². The van der Waals surface area contributed by atoms with Crippen LogP contribution in [-0.2, 0) is 19.3 Å². The molecule has 0 amide bonds. The molecule has 0 bridgehead atoms. The molecule has 6 heteroatoms. The molecule has 0 aromatic carbocycles. The summed E-state index contributed by atoms with van der Waals surface area (Å²) in [5.74, 6) is 0.922. The first-order valence-corrected chi connectivity index (χ1v) is 9.03. The van der Waals surface area contributed by atoms with Crippen molar-refractivity contribution in [3.8, 4) is 0 Å². The van der Waals surface area contributed by atoms with Crippen molar-refractivity contribution >= 4 is 41.3 Å². The molecule has 126 valence electrons. The van der Waals surface area contributed by atoms with E-state index in [1.165, 1.54) is 41.3 Å². The van der Waals surface area contributed by atoms with E-state index in [0.29, 0.717) is 6.04 Å². The summed E-state index contributed by atoms with van der Waals surface area (Å²) < 4.78 is 0. The van der Waals surface area contributed by atoms with Crippen molar-refractivity contribution in [3.63, 3.8) is 0 Å². The van der Waals surface area contributed by atoms with Gasteiger partial charge in [-0.15, -0.1) is 35.3 Å². The quantitative estimate of drug-likeness (QED) is 0.311. The fourth-order valence-electron chi connectivity index (χ4n) is 2.53. The number of hydrogen-bond donors (Lipinski definition) is 2. The fourth-order valence-corrected chi connectivity index (χ4v) is 3.73. The van der Waals surface area contributed by atoms with Crippen LogP contribution in [0.1, 0.15) is 55.6 Å². The van der Waals surface area contributed by atoms with Gasteiger partial charge in [-0.2, -0.15) is 0 Å². The zero-order valence-corrected chi connectivity index (χ0v) is 17.1. The van der Waals surface area contributed by atoms with Crippen LogP contribution in [0.2, 0.25) is 0 Å². The molecule has 2 N–H and O–H groups in total. The molecule has 0 atom stereocenters. The van der Waals surface area contributed by atoms with Gasteiger partial charge >= 0.3 is 0 Å². The third-order valence-corrected chi connectivity index (χ3v) is 4.70. The van der Waals surface area contributed by atoms with Gasteiger partial charge in [0.2, 0.25) is 0 Å². The largest absolute Gasteiger partial charge is 0.357 e. The Balaban J connectivity index is 0.00000242. The molecule has 0 unspecified atom stereocenters. The first-order chi connectivity index (χ1) is 10.2. The second kappa shape index (κ2) is 10.4. The van der Waals surface area contributed by atoms with Crippen LogP contribution >= 0.6 is 35.3 Å². The van der Waals surface area contributed by atoms with Gasteiger partial charge in [0.25, 0.3) is 0 Å². The Kier molecular flexibility index (Phi) is 9.31. The molecule has 1 aromatic heterocycles. The third kappa shape index (κ3) is 6.40. The van der Waals surface area contributed by atoms with E-state index in [4.69, 9.17) is 4.98 Å². The lowest BCUT2D eigenvalue weighted by Crippen LogP contribution is -2.41. The summed E-state index contributed by atoms with van der Waals surface area (Å²) in [6.45, 7) is 8.11. The SMILES string of the molecule is CCNC(=NCCCc1nc2c(s1)CCCC2)NC(C)C.I. The number of halogens is 1. The molecule has 22 heavy (non-hydrogen) atoms. The normalized spacial score (nSPS) is 14.5. The number of aliphatic imine (C=N–C) groups is 1. The van der Waals surface area contributed by atoms with Gasteiger partial charge in [0, 0.05) is 30.4 Å². The number of fused-ring (bicyclic) bond motifs is 1. The smallest absolute Gasteiger partial charge is 0.191 e. The van der Waals surface area contributed by atoms with Gasteiger partial charge in [-0.25, -0.2) is 4.98 Å². The predicted octanol–water partition coefficient (Wildman–Crippen LogP) is 3.54. The minimum absolute atomic E-state index is 0. The van der Waals surface area contributed by atoms with Gasteiger partial charge < -0.3 is 10.6 Å². The van der Waals surface area contributed by atoms with Crippen LogP contribution in [0.5, 0.6) is 0 Å². The van der Waals surface area contributed by atoms with E-state index in [2.05, 4.69) is 36.4 Å². The van der Waals surface area contributed by atoms with Crippen molar-refractivity contribution in [2.75, 3.05) is 13.1 Å². The number of aryl methyl sites for hydroxylation is 3. The monoisotopic (exact) mass is 436 g/mol. The van der Waals surface area contributed by atoms with Crippen molar-refractivity contribution in [1.82, 2.24) is 15.6 Å². The Morgan fingerprint density at radius 1 is 1.32 bits per heavy atom. The highest BCUT2D eigenvalue weighted by molar-refractivity contribution is 14.0. The molecule has 0 saturated carbocycles. The predicted molar refractivity (Wildman–Crippen MR) is 107 cm³/mol. The van der Waals surface area contributed by atoms with Gasteiger partial charge in [0.1, 0.15) is 0 Å². The molecule has 1 aliphatic carbocycles. The summed E-state index contributed by atoms with van der Waals surface area (Å²) in [4.78, 5) is 10.9. The zero-order chi connectivity index (χ0) is 15.1. The number of aromatic nitrogens is 1. The van der Waals surface area contributed by atoms with Gasteiger partial charge in [-0.3, -0.25) is 4.99 Å². The van der Waals surface area contributed by atoms with Crippen molar-refractivity contribution < 1.29 is 0 Å². The van der Waals surface area contributed by atoms with Crippen molar-refractivity contribution in [2.24, 2.45) is 4.99 Å². The summed E-state index contributed by atoms with van der Waals surface area (Å²) in [5.41, 5.74) is 1.37. The van der Waals surface area contributed by atoms with Gasteiger partial charge in [-0.05, 0) is 52.9 Å². The van der Waals surface area contributed by atoms with Crippen LogP contribution in [0.25, 0.3) is 0 Å². The number of hydrogen-bond acceptors (Lipinski definition) is 3. The van der Waals surface area contributed by atoms with E-state index in [0.717, 1.165) is 31.9 Å². The first kappa shape index (κ1) is 19.7. The van der Waals surface area contributed by atoms with Gasteiger partial charge in [-0.1, -0.05) is 0 Å². The lowest BCUT2D eigenvalue weighted by atomic mass is 10.0. The number of guanidine groups is 1. The molecule has 0 radical (unpaired) electrons. The van der Waals surface area contributed by atoms with Crippen molar-refractivity contribution in [2.45, 2.75) is 65.3 Å². The molecule has 0 saturated heterocycles. The fraction of sp³-hybridized carbons (Fsp3) is 0.750. The van der Waals surface area contributed by atoms with Crippen molar-refractivity contribution in [1.29, 1.82) is 0 Å². The Labute approximate surface area is 155 Å². The summed E-state index contributed by atoms with van der Waals surface area (Å²) in [6.07, 6.45) is 7.21. The lowest BCUT2D eigenvalue weighted by Gasteiger charge is -2.13. The number of nitrogens with zero attached hydrogens (tertiary/aromatic N) is 2. The minimum atomic E-state index is 0. The molecule has 1 aliphatic rings. The molecule has 1 aromatic rings. The molecule has 0 aliphatic heterocycles. The number of nitrogens with one attached hydrogen (secondary N) is 2. The average molecular weight is 436 g/mol. The average Bonchev–Trinajstić information content (AvgIpc) is 2.85. The standard InChI is InChI=1S/C16H28N4S.HI/c1-4-17-16(19-12(2)3)18-11-7-10-15-20-13-8-5-6-9-14(13)21-15;/h12H,4-11H2,1-3H3,(H2,17,18,19);1H. The number of rotatable bonds is 6. The van der Waals surface area contributed by atoms with E-state index in [1.54, 1.807) is 0 Å². The van der Waals surface area contributed by atoms with E-state index in [-0.39, 0.29) is 24.0 Å². The maximum absolute atomic E-state index is 4.79. The van der Waals surface area contributed by atoms with Gasteiger partial charge in [0.05, 0.1) is 10.7 Å². The van der Waals surface area contributed by atoms with Crippen LogP contribution in [-0.4, -0.2) is 30.1 Å². The molecule has 2 rings (SSSR count). The minimum Gasteiger partial charge on any atom is -0.357 e. The highest BCUT2D eigenvalue weighted by atomic mass is 127. The molecular weight excluding hydrogens is 407 g/mol. The van der Waals surface area contributed by atoms with Crippen LogP contribution in [0.3, 0.4) is 0 Å². The Bertz CT molecular complexity index is 447. The molecule has 1 heterocycles. The number of thiazole rings is 1. The van der Waals surface area contributed by atoms with Crippen LogP contribution in [0.4, 0.5) is 0 Å². The molecule has 0 spiro atoms.